The Labute approximate surface area is 124 Å². The lowest BCUT2D eigenvalue weighted by Gasteiger charge is -2.18. The van der Waals surface area contributed by atoms with Gasteiger partial charge in [-0.15, -0.1) is 5.10 Å². The van der Waals surface area contributed by atoms with Crippen LogP contribution in [-0.4, -0.2) is 33.5 Å². The summed E-state index contributed by atoms with van der Waals surface area (Å²) in [6.07, 6.45) is 1.46. The Bertz CT molecular complexity index is 683. The molecule has 3 rings (SSSR count). The number of nitrogens with zero attached hydrogens (tertiary/aromatic N) is 3. The number of carbonyl (C=O) groups is 2. The van der Waals surface area contributed by atoms with E-state index in [0.717, 1.165) is 9.90 Å². The number of hydrogen-bond donors (Lipinski definition) is 2. The highest BCUT2D eigenvalue weighted by molar-refractivity contribution is 7.10. The van der Waals surface area contributed by atoms with Gasteiger partial charge in [0.15, 0.2) is 5.54 Å². The van der Waals surface area contributed by atoms with Crippen molar-refractivity contribution in [3.05, 3.63) is 29.9 Å². The van der Waals surface area contributed by atoms with Crippen molar-refractivity contribution in [2.24, 2.45) is 0 Å². The van der Waals surface area contributed by atoms with Crippen LogP contribution in [0.3, 0.4) is 0 Å². The molecule has 8 nitrogen and oxygen atoms in total. The molecule has 2 aromatic rings. The summed E-state index contributed by atoms with van der Waals surface area (Å²) in [5, 5.41) is 10.3. The van der Waals surface area contributed by atoms with Crippen LogP contribution in [0.15, 0.2) is 22.8 Å². The largest absolute Gasteiger partial charge is 0.466 e. The van der Waals surface area contributed by atoms with Crippen LogP contribution in [-0.2, 0) is 16.9 Å². The van der Waals surface area contributed by atoms with E-state index in [-0.39, 0.29) is 12.5 Å². The lowest BCUT2D eigenvalue weighted by atomic mass is 9.99. The molecule has 1 fully saturated rings. The van der Waals surface area contributed by atoms with Crippen LogP contribution in [0.25, 0.3) is 0 Å². The SMILES string of the molecule is CNc1snnc1CN1C(=O)NC(C)(c2ccco2)C1=O. The minimum atomic E-state index is -1.19. The van der Waals surface area contributed by atoms with E-state index in [1.165, 1.54) is 17.8 Å². The van der Waals surface area contributed by atoms with Crippen LogP contribution in [0, 0.1) is 0 Å². The molecule has 1 atom stereocenters. The predicted molar refractivity (Wildman–Crippen MR) is 74.6 cm³/mol. The number of furan rings is 1. The molecule has 0 saturated carbocycles. The molecule has 1 saturated heterocycles. The number of anilines is 1. The fourth-order valence-electron chi connectivity index (χ4n) is 2.22. The average Bonchev–Trinajstić information content (AvgIpc) is 3.17. The van der Waals surface area contributed by atoms with Gasteiger partial charge in [-0.25, -0.2) is 4.79 Å². The van der Waals surface area contributed by atoms with Gasteiger partial charge in [0.1, 0.15) is 16.5 Å². The van der Waals surface area contributed by atoms with Crippen molar-refractivity contribution in [3.8, 4) is 0 Å². The minimum absolute atomic E-state index is 0.0631. The van der Waals surface area contributed by atoms with Crippen LogP contribution >= 0.6 is 11.5 Å². The van der Waals surface area contributed by atoms with Gasteiger partial charge < -0.3 is 15.1 Å². The molecule has 2 aromatic heterocycles. The highest BCUT2D eigenvalue weighted by Crippen LogP contribution is 2.30. The van der Waals surface area contributed by atoms with Gasteiger partial charge in [0, 0.05) is 18.6 Å². The third-order valence-corrected chi connectivity index (χ3v) is 4.17. The molecule has 3 amide bonds. The number of rotatable bonds is 4. The quantitative estimate of drug-likeness (QED) is 0.822. The van der Waals surface area contributed by atoms with Gasteiger partial charge in [0.2, 0.25) is 0 Å². The Kier molecular flexibility index (Phi) is 3.13. The van der Waals surface area contributed by atoms with Crippen LogP contribution < -0.4 is 10.6 Å². The van der Waals surface area contributed by atoms with E-state index in [1.807, 2.05) is 0 Å². The predicted octanol–water partition coefficient (Wildman–Crippen LogP) is 1.14. The van der Waals surface area contributed by atoms with Crippen molar-refractivity contribution in [3.63, 3.8) is 0 Å². The Balaban J connectivity index is 1.88. The Morgan fingerprint density at radius 3 is 3.00 bits per heavy atom. The summed E-state index contributed by atoms with van der Waals surface area (Å²) in [6.45, 7) is 1.68. The number of amides is 3. The normalized spacial score (nSPS) is 21.7. The zero-order chi connectivity index (χ0) is 15.0. The molecule has 9 heteroatoms. The molecule has 3 heterocycles. The monoisotopic (exact) mass is 307 g/mol. The second-order valence-electron chi connectivity index (χ2n) is 4.72. The highest BCUT2D eigenvalue weighted by Gasteiger charge is 2.51. The van der Waals surface area contributed by atoms with Crippen molar-refractivity contribution >= 4 is 28.5 Å². The number of hydrogen-bond acceptors (Lipinski definition) is 7. The smallest absolute Gasteiger partial charge is 0.325 e. The summed E-state index contributed by atoms with van der Waals surface area (Å²) >= 11 is 1.17. The van der Waals surface area contributed by atoms with Crippen molar-refractivity contribution in [2.45, 2.75) is 19.0 Å². The number of aromatic nitrogens is 2. The van der Waals surface area contributed by atoms with Gasteiger partial charge in [0.05, 0.1) is 12.8 Å². The molecule has 0 bridgehead atoms. The van der Waals surface area contributed by atoms with Crippen LogP contribution in [0.5, 0.6) is 0 Å². The third kappa shape index (κ3) is 2.05. The summed E-state index contributed by atoms with van der Waals surface area (Å²) in [4.78, 5) is 25.8. The molecular formula is C12H13N5O3S. The molecule has 1 unspecified atom stereocenters. The Hall–Kier alpha value is -2.42. The summed E-state index contributed by atoms with van der Waals surface area (Å²) in [5.74, 6) is 0.0195. The first-order chi connectivity index (χ1) is 10.1. The fourth-order valence-corrected chi connectivity index (χ4v) is 2.75. The van der Waals surface area contributed by atoms with Gasteiger partial charge in [0.25, 0.3) is 5.91 Å². The second kappa shape index (κ2) is 4.85. The zero-order valence-electron chi connectivity index (χ0n) is 11.4. The summed E-state index contributed by atoms with van der Waals surface area (Å²) in [5.41, 5.74) is -0.640. The first-order valence-electron chi connectivity index (χ1n) is 6.23. The standard InChI is InChI=1S/C12H13N5O3S/c1-12(8-4-3-5-20-8)10(18)17(11(19)14-12)6-7-9(13-2)21-16-15-7/h3-5,13H,6H2,1-2H3,(H,14,19). The first-order valence-corrected chi connectivity index (χ1v) is 7.00. The Morgan fingerprint density at radius 1 is 1.52 bits per heavy atom. The van der Waals surface area contributed by atoms with Crippen molar-refractivity contribution < 1.29 is 14.0 Å². The summed E-state index contributed by atoms with van der Waals surface area (Å²) in [7, 11) is 1.73. The molecule has 2 N–H and O–H groups in total. The maximum Gasteiger partial charge on any atom is 0.325 e. The number of nitrogens with one attached hydrogen (secondary N) is 2. The van der Waals surface area contributed by atoms with Gasteiger partial charge in [-0.2, -0.15) is 0 Å². The molecule has 1 aliphatic heterocycles. The van der Waals surface area contributed by atoms with Gasteiger partial charge in [-0.1, -0.05) is 4.49 Å². The van der Waals surface area contributed by atoms with E-state index in [9.17, 15) is 9.59 Å². The minimum Gasteiger partial charge on any atom is -0.466 e. The highest BCUT2D eigenvalue weighted by atomic mass is 32.1. The van der Waals surface area contributed by atoms with Crippen molar-refractivity contribution in [1.82, 2.24) is 19.8 Å². The second-order valence-corrected chi connectivity index (χ2v) is 5.48. The van der Waals surface area contributed by atoms with E-state index in [1.54, 1.807) is 26.1 Å². The zero-order valence-corrected chi connectivity index (χ0v) is 12.2. The van der Waals surface area contributed by atoms with E-state index in [2.05, 4.69) is 20.2 Å². The molecule has 0 aliphatic carbocycles. The topological polar surface area (TPSA) is 100 Å². The van der Waals surface area contributed by atoms with E-state index < -0.39 is 11.6 Å². The Morgan fingerprint density at radius 2 is 2.33 bits per heavy atom. The maximum atomic E-state index is 12.6. The molecule has 21 heavy (non-hydrogen) atoms. The fraction of sp³-hybridized carbons (Fsp3) is 0.333. The summed E-state index contributed by atoms with van der Waals surface area (Å²) in [6, 6.07) is 2.85. The van der Waals surface area contributed by atoms with Crippen LogP contribution in [0.4, 0.5) is 9.80 Å². The molecule has 110 valence electrons. The lowest BCUT2D eigenvalue weighted by molar-refractivity contribution is -0.132. The van der Waals surface area contributed by atoms with E-state index >= 15 is 0 Å². The van der Waals surface area contributed by atoms with Gasteiger partial charge in [-0.05, 0) is 19.1 Å². The van der Waals surface area contributed by atoms with Crippen molar-refractivity contribution in [2.75, 3.05) is 12.4 Å². The first kappa shape index (κ1) is 13.6. The summed E-state index contributed by atoms with van der Waals surface area (Å²) < 4.78 is 9.08. The molecule has 0 radical (unpaired) electrons. The van der Waals surface area contributed by atoms with E-state index in [4.69, 9.17) is 4.42 Å². The lowest BCUT2D eigenvalue weighted by Crippen LogP contribution is -2.40. The van der Waals surface area contributed by atoms with Crippen LogP contribution in [0.1, 0.15) is 18.4 Å². The number of carbonyl (C=O) groups excluding carboxylic acids is 2. The van der Waals surface area contributed by atoms with Gasteiger partial charge in [-0.3, -0.25) is 9.69 Å². The molecular weight excluding hydrogens is 294 g/mol. The molecule has 0 aromatic carbocycles. The van der Waals surface area contributed by atoms with Crippen LogP contribution in [0.2, 0.25) is 0 Å². The van der Waals surface area contributed by atoms with E-state index in [0.29, 0.717) is 11.5 Å². The maximum absolute atomic E-state index is 12.6. The molecule has 0 spiro atoms. The number of urea groups is 1. The van der Waals surface area contributed by atoms with Gasteiger partial charge >= 0.3 is 6.03 Å². The number of imide groups is 1. The molecule has 1 aliphatic rings. The third-order valence-electron chi connectivity index (χ3n) is 3.38. The average molecular weight is 307 g/mol. The van der Waals surface area contributed by atoms with Crippen molar-refractivity contribution in [1.29, 1.82) is 0 Å².